The minimum atomic E-state index is -0.347. The number of hydrogen-bond donors (Lipinski definition) is 2. The van der Waals surface area contributed by atoms with Gasteiger partial charge in [0.05, 0.1) is 16.9 Å². The lowest BCUT2D eigenvalue weighted by atomic mass is 10.1. The Morgan fingerprint density at radius 1 is 1.27 bits per heavy atom. The molecule has 1 aromatic carbocycles. The Kier molecular flexibility index (Phi) is 5.05. The summed E-state index contributed by atoms with van der Waals surface area (Å²) in [5.41, 5.74) is 8.44. The zero-order valence-electron chi connectivity index (χ0n) is 18.6. The van der Waals surface area contributed by atoms with Crippen molar-refractivity contribution in [2.24, 2.45) is 0 Å². The first kappa shape index (κ1) is 20.7. The van der Waals surface area contributed by atoms with E-state index >= 15 is 0 Å². The standard InChI is InChI=1S/C24H23N7O2/c1-4-6-15-7-5-8-18-19(15)24(32)31(16-9-10-16)22(29-18)13(2)27-21-20(17(25)11-12-26-21)23-28-14(3)30-33-23/h5,7-8,11-13,16H,9-10H2,1-3H3,(H3,25,26,27)/t13-/m0/s1. The maximum Gasteiger partial charge on any atom is 0.263 e. The Hall–Kier alpha value is -4.19. The molecule has 1 saturated carbocycles. The van der Waals surface area contributed by atoms with Crippen molar-refractivity contribution in [1.29, 1.82) is 0 Å². The monoisotopic (exact) mass is 441 g/mol. The van der Waals surface area contributed by atoms with Gasteiger partial charge in [-0.2, -0.15) is 4.98 Å². The second-order valence-electron chi connectivity index (χ2n) is 8.09. The van der Waals surface area contributed by atoms with E-state index in [0.29, 0.717) is 45.2 Å². The number of rotatable bonds is 5. The fourth-order valence-corrected chi connectivity index (χ4v) is 3.97. The number of nitrogen functional groups attached to an aromatic ring is 1. The fourth-order valence-electron chi connectivity index (χ4n) is 3.97. The van der Waals surface area contributed by atoms with Crippen molar-refractivity contribution in [1.82, 2.24) is 24.7 Å². The Morgan fingerprint density at radius 2 is 2.09 bits per heavy atom. The molecule has 5 rings (SSSR count). The average molecular weight is 441 g/mol. The maximum absolute atomic E-state index is 13.6. The summed E-state index contributed by atoms with van der Waals surface area (Å²) in [4.78, 5) is 27.2. The number of benzene rings is 1. The molecule has 9 heteroatoms. The molecule has 1 aliphatic rings. The molecule has 0 bridgehead atoms. The highest BCUT2D eigenvalue weighted by molar-refractivity contribution is 5.84. The summed E-state index contributed by atoms with van der Waals surface area (Å²) in [5, 5.41) is 7.78. The molecule has 9 nitrogen and oxygen atoms in total. The van der Waals surface area contributed by atoms with Gasteiger partial charge in [-0.05, 0) is 51.8 Å². The van der Waals surface area contributed by atoms with E-state index in [1.807, 2.05) is 25.1 Å². The van der Waals surface area contributed by atoms with Crippen molar-refractivity contribution in [3.63, 3.8) is 0 Å². The molecule has 3 heterocycles. The van der Waals surface area contributed by atoms with Crippen molar-refractivity contribution < 1.29 is 4.52 Å². The van der Waals surface area contributed by atoms with Gasteiger partial charge in [-0.1, -0.05) is 17.1 Å². The molecule has 0 unspecified atom stereocenters. The number of nitrogens with two attached hydrogens (primary N) is 1. The minimum Gasteiger partial charge on any atom is -0.398 e. The van der Waals surface area contributed by atoms with Gasteiger partial charge in [-0.3, -0.25) is 9.36 Å². The van der Waals surface area contributed by atoms with Gasteiger partial charge in [-0.15, -0.1) is 5.92 Å². The van der Waals surface area contributed by atoms with E-state index in [1.165, 1.54) is 0 Å². The quantitative estimate of drug-likeness (QED) is 0.450. The summed E-state index contributed by atoms with van der Waals surface area (Å²) in [5.74, 6) is 7.81. The summed E-state index contributed by atoms with van der Waals surface area (Å²) >= 11 is 0. The van der Waals surface area contributed by atoms with Gasteiger partial charge < -0.3 is 15.6 Å². The van der Waals surface area contributed by atoms with E-state index in [-0.39, 0.29) is 23.5 Å². The highest BCUT2D eigenvalue weighted by atomic mass is 16.5. The molecule has 1 fully saturated rings. The van der Waals surface area contributed by atoms with Gasteiger partial charge in [0.15, 0.2) is 5.82 Å². The molecule has 0 aliphatic heterocycles. The zero-order valence-corrected chi connectivity index (χ0v) is 18.6. The number of aryl methyl sites for hydroxylation is 1. The Morgan fingerprint density at radius 3 is 2.79 bits per heavy atom. The normalized spacial score (nSPS) is 14.0. The van der Waals surface area contributed by atoms with Crippen LogP contribution in [0.2, 0.25) is 0 Å². The number of fused-ring (bicyclic) bond motifs is 1. The SMILES string of the molecule is CC#Cc1cccc2nc([C@H](C)Nc3nccc(N)c3-c3nc(C)no3)n(C3CC3)c(=O)c12. The lowest BCUT2D eigenvalue weighted by Crippen LogP contribution is -2.28. The van der Waals surface area contributed by atoms with E-state index in [4.69, 9.17) is 15.2 Å². The third kappa shape index (κ3) is 3.69. The fraction of sp³-hybridized carbons (Fsp3) is 0.292. The molecule has 3 aromatic heterocycles. The van der Waals surface area contributed by atoms with Crippen LogP contribution in [-0.4, -0.2) is 24.7 Å². The van der Waals surface area contributed by atoms with Crippen molar-refractivity contribution in [3.8, 4) is 23.3 Å². The number of nitrogens with zero attached hydrogens (tertiary/aromatic N) is 5. The molecule has 4 aromatic rings. The Balaban J connectivity index is 1.63. The van der Waals surface area contributed by atoms with Crippen LogP contribution >= 0.6 is 0 Å². The summed E-state index contributed by atoms with van der Waals surface area (Å²) in [6, 6.07) is 7.03. The predicted molar refractivity (Wildman–Crippen MR) is 126 cm³/mol. The van der Waals surface area contributed by atoms with Gasteiger partial charge in [0.25, 0.3) is 11.4 Å². The summed E-state index contributed by atoms with van der Waals surface area (Å²) in [6.45, 7) is 5.43. The lowest BCUT2D eigenvalue weighted by Gasteiger charge is -2.21. The van der Waals surface area contributed by atoms with E-state index in [1.54, 1.807) is 30.7 Å². The van der Waals surface area contributed by atoms with Crippen LogP contribution in [0.1, 0.15) is 56.0 Å². The summed E-state index contributed by atoms with van der Waals surface area (Å²) < 4.78 is 7.13. The van der Waals surface area contributed by atoms with E-state index < -0.39 is 0 Å². The average Bonchev–Trinajstić information content (AvgIpc) is 3.54. The Bertz CT molecular complexity index is 1490. The van der Waals surface area contributed by atoms with Crippen LogP contribution in [0, 0.1) is 18.8 Å². The molecule has 1 aliphatic carbocycles. The molecular weight excluding hydrogens is 418 g/mol. The minimum absolute atomic E-state index is 0.0715. The summed E-state index contributed by atoms with van der Waals surface area (Å²) in [6.07, 6.45) is 3.49. The Labute approximate surface area is 190 Å². The van der Waals surface area contributed by atoms with Gasteiger partial charge in [-0.25, -0.2) is 9.97 Å². The smallest absolute Gasteiger partial charge is 0.263 e. The molecule has 1 atom stereocenters. The number of aromatic nitrogens is 5. The molecule has 3 N–H and O–H groups in total. The molecular formula is C24H23N7O2. The molecule has 0 amide bonds. The first-order valence-electron chi connectivity index (χ1n) is 10.8. The first-order chi connectivity index (χ1) is 16.0. The van der Waals surface area contributed by atoms with Crippen LogP contribution in [-0.2, 0) is 0 Å². The van der Waals surface area contributed by atoms with Crippen LogP contribution in [0.5, 0.6) is 0 Å². The van der Waals surface area contributed by atoms with Gasteiger partial charge >= 0.3 is 0 Å². The topological polar surface area (TPSA) is 125 Å². The lowest BCUT2D eigenvalue weighted by molar-refractivity contribution is 0.426. The predicted octanol–water partition coefficient (Wildman–Crippen LogP) is 3.61. The van der Waals surface area contributed by atoms with Crippen molar-refractivity contribution >= 4 is 22.4 Å². The van der Waals surface area contributed by atoms with Gasteiger partial charge in [0, 0.05) is 23.5 Å². The number of nitrogens with one attached hydrogen (secondary N) is 1. The number of hydrogen-bond acceptors (Lipinski definition) is 8. The second-order valence-corrected chi connectivity index (χ2v) is 8.09. The second kappa shape index (κ2) is 8.06. The van der Waals surface area contributed by atoms with Crippen molar-refractivity contribution in [2.45, 2.75) is 45.7 Å². The van der Waals surface area contributed by atoms with Crippen LogP contribution in [0.3, 0.4) is 0 Å². The van der Waals surface area contributed by atoms with Crippen LogP contribution in [0.15, 0.2) is 39.8 Å². The van der Waals surface area contributed by atoms with Crippen LogP contribution in [0.4, 0.5) is 11.5 Å². The molecule has 0 radical (unpaired) electrons. The maximum atomic E-state index is 13.6. The van der Waals surface area contributed by atoms with E-state index in [9.17, 15) is 4.79 Å². The molecule has 0 saturated heterocycles. The van der Waals surface area contributed by atoms with E-state index in [2.05, 4.69) is 32.3 Å². The largest absolute Gasteiger partial charge is 0.398 e. The molecule has 33 heavy (non-hydrogen) atoms. The highest BCUT2D eigenvalue weighted by Crippen LogP contribution is 2.37. The first-order valence-corrected chi connectivity index (χ1v) is 10.8. The van der Waals surface area contributed by atoms with Gasteiger partial charge in [0.2, 0.25) is 0 Å². The zero-order chi connectivity index (χ0) is 23.1. The van der Waals surface area contributed by atoms with Crippen LogP contribution < -0.4 is 16.6 Å². The molecule has 166 valence electrons. The third-order valence-corrected chi connectivity index (χ3v) is 5.59. The number of anilines is 2. The van der Waals surface area contributed by atoms with Crippen molar-refractivity contribution in [3.05, 3.63) is 58.0 Å². The van der Waals surface area contributed by atoms with Crippen LogP contribution in [0.25, 0.3) is 22.4 Å². The van der Waals surface area contributed by atoms with Crippen molar-refractivity contribution in [2.75, 3.05) is 11.1 Å². The highest BCUT2D eigenvalue weighted by Gasteiger charge is 2.31. The third-order valence-electron chi connectivity index (χ3n) is 5.59. The van der Waals surface area contributed by atoms with Gasteiger partial charge in [0.1, 0.15) is 17.2 Å². The van der Waals surface area contributed by atoms with E-state index in [0.717, 1.165) is 12.8 Å². The number of pyridine rings is 1. The molecule has 0 spiro atoms. The summed E-state index contributed by atoms with van der Waals surface area (Å²) in [7, 11) is 0.